The van der Waals surface area contributed by atoms with Gasteiger partial charge in [0.2, 0.25) is 10.9 Å². The first kappa shape index (κ1) is 15.5. The van der Waals surface area contributed by atoms with Crippen molar-refractivity contribution in [3.05, 3.63) is 87.8 Å². The molecular formula is C17H10BrN3O4. The lowest BCUT2D eigenvalue weighted by molar-refractivity contribution is 0.754. The number of fused-ring (bicyclic) bond motifs is 2. The molecule has 0 aliphatic heterocycles. The fraction of sp³-hybridized carbons (Fsp3) is 0.0588. The molecule has 2 heterocycles. The van der Waals surface area contributed by atoms with Crippen molar-refractivity contribution in [2.75, 3.05) is 0 Å². The summed E-state index contributed by atoms with van der Waals surface area (Å²) >= 11 is 3.31. The molecule has 25 heavy (non-hydrogen) atoms. The molecule has 0 unspecified atom stereocenters. The van der Waals surface area contributed by atoms with E-state index < -0.39 is 22.0 Å². The molecule has 0 fully saturated rings. The third-order valence-corrected chi connectivity index (χ3v) is 4.65. The number of aromatic amines is 2. The van der Waals surface area contributed by atoms with E-state index in [1.165, 1.54) is 12.4 Å². The highest BCUT2D eigenvalue weighted by Crippen LogP contribution is 2.11. The molecule has 0 bridgehead atoms. The van der Waals surface area contributed by atoms with Crippen LogP contribution in [0.3, 0.4) is 0 Å². The van der Waals surface area contributed by atoms with Gasteiger partial charge in [-0.25, -0.2) is 0 Å². The van der Waals surface area contributed by atoms with Crippen LogP contribution < -0.4 is 22.0 Å². The Morgan fingerprint density at radius 2 is 1.28 bits per heavy atom. The van der Waals surface area contributed by atoms with E-state index in [2.05, 4.69) is 25.9 Å². The molecule has 0 amide bonds. The smallest absolute Gasteiger partial charge is 0.266 e. The average molecular weight is 400 g/mol. The van der Waals surface area contributed by atoms with E-state index in [0.717, 1.165) is 9.04 Å². The highest BCUT2D eigenvalue weighted by molar-refractivity contribution is 9.10. The third kappa shape index (κ3) is 2.25. The van der Waals surface area contributed by atoms with Gasteiger partial charge in [-0.1, -0.05) is 28.1 Å². The number of aromatic nitrogens is 3. The predicted octanol–water partition coefficient (Wildman–Crippen LogP) is 1.14. The predicted molar refractivity (Wildman–Crippen MR) is 97.7 cm³/mol. The molecule has 2 aromatic heterocycles. The summed E-state index contributed by atoms with van der Waals surface area (Å²) in [5, 5.41) is -0.731. The number of benzene rings is 2. The molecule has 0 spiro atoms. The van der Waals surface area contributed by atoms with E-state index in [4.69, 9.17) is 0 Å². The molecule has 0 aliphatic rings. The van der Waals surface area contributed by atoms with Gasteiger partial charge in [-0.15, -0.1) is 0 Å². The number of nitrogens with zero attached hydrogens (tertiary/aromatic N) is 1. The second-order valence-corrected chi connectivity index (χ2v) is 6.52. The van der Waals surface area contributed by atoms with Crippen LogP contribution >= 0.6 is 15.9 Å². The standard InChI is InChI=1S/C17H10BrN3O4/c18-9-3-1-8(2-4-9)7-21-16(24)10-11(17(21)25)15(23)13-12(14(10)22)19-5-6-20-13/h1-6,19-20H,7H2. The number of nitrogens with one attached hydrogen (secondary N) is 2. The molecule has 0 saturated heterocycles. The maximum Gasteiger partial charge on any atom is 0.266 e. The van der Waals surface area contributed by atoms with Crippen LogP contribution in [-0.4, -0.2) is 14.5 Å². The Morgan fingerprint density at radius 1 is 0.800 bits per heavy atom. The normalized spacial score (nSPS) is 11.4. The van der Waals surface area contributed by atoms with Gasteiger partial charge in [-0.05, 0) is 17.7 Å². The molecule has 0 atom stereocenters. The van der Waals surface area contributed by atoms with Gasteiger partial charge in [-0.3, -0.25) is 23.7 Å². The summed E-state index contributed by atoms with van der Waals surface area (Å²) in [6, 6.07) is 7.07. The summed E-state index contributed by atoms with van der Waals surface area (Å²) in [4.78, 5) is 55.7. The van der Waals surface area contributed by atoms with Gasteiger partial charge in [0.15, 0.2) is 0 Å². The molecule has 0 saturated carbocycles. The molecule has 0 radical (unpaired) electrons. The van der Waals surface area contributed by atoms with Crippen molar-refractivity contribution in [3.63, 3.8) is 0 Å². The van der Waals surface area contributed by atoms with Crippen molar-refractivity contribution >= 4 is 37.7 Å². The van der Waals surface area contributed by atoms with Crippen LogP contribution in [0.15, 0.2) is 60.3 Å². The Bertz CT molecular complexity index is 1270. The summed E-state index contributed by atoms with van der Waals surface area (Å²) < 4.78 is 1.79. The first-order chi connectivity index (χ1) is 12.0. The van der Waals surface area contributed by atoms with Gasteiger partial charge < -0.3 is 9.97 Å². The van der Waals surface area contributed by atoms with Crippen LogP contribution in [0, 0.1) is 0 Å². The number of rotatable bonds is 2. The molecule has 4 rings (SSSR count). The monoisotopic (exact) mass is 399 g/mol. The van der Waals surface area contributed by atoms with Crippen molar-refractivity contribution in [1.29, 1.82) is 0 Å². The van der Waals surface area contributed by atoms with Crippen molar-refractivity contribution in [2.45, 2.75) is 6.54 Å². The number of H-pyrrole nitrogens is 2. The van der Waals surface area contributed by atoms with Crippen LogP contribution in [-0.2, 0) is 6.54 Å². The highest BCUT2D eigenvalue weighted by atomic mass is 79.9. The fourth-order valence-corrected chi connectivity index (χ4v) is 3.18. The minimum Gasteiger partial charge on any atom is -0.355 e. The summed E-state index contributed by atoms with van der Waals surface area (Å²) in [5.74, 6) is 0. The molecule has 2 aromatic carbocycles. The quantitative estimate of drug-likeness (QED) is 0.527. The van der Waals surface area contributed by atoms with E-state index >= 15 is 0 Å². The summed E-state index contributed by atoms with van der Waals surface area (Å²) in [6.45, 7) is -0.0116. The van der Waals surface area contributed by atoms with Gasteiger partial charge >= 0.3 is 0 Å². The van der Waals surface area contributed by atoms with E-state index in [1.807, 2.05) is 0 Å². The first-order valence-electron chi connectivity index (χ1n) is 7.35. The van der Waals surface area contributed by atoms with Crippen LogP contribution in [0.5, 0.6) is 0 Å². The first-order valence-corrected chi connectivity index (χ1v) is 8.15. The summed E-state index contributed by atoms with van der Waals surface area (Å²) in [5.41, 5.74) is -2.12. The Balaban J connectivity index is 2.08. The molecular weight excluding hydrogens is 390 g/mol. The number of hydrogen-bond donors (Lipinski definition) is 2. The van der Waals surface area contributed by atoms with Crippen molar-refractivity contribution in [3.8, 4) is 0 Å². The topological polar surface area (TPSA) is 105 Å². The highest BCUT2D eigenvalue weighted by Gasteiger charge is 2.22. The SMILES string of the molecule is O=c1c2[nH]cc[nH]c2c(=O)c2c(=O)n(Cc3ccc(Br)cc3)c(=O)c12. The minimum absolute atomic E-state index is 0.0116. The molecule has 7 nitrogen and oxygen atoms in total. The second-order valence-electron chi connectivity index (χ2n) is 5.60. The lowest BCUT2D eigenvalue weighted by Gasteiger charge is -2.01. The van der Waals surface area contributed by atoms with Gasteiger partial charge in [0.25, 0.3) is 11.1 Å². The zero-order valence-corrected chi connectivity index (χ0v) is 14.2. The lowest BCUT2D eigenvalue weighted by Crippen LogP contribution is -2.27. The Morgan fingerprint density at radius 3 is 1.76 bits per heavy atom. The van der Waals surface area contributed by atoms with Crippen molar-refractivity contribution in [2.24, 2.45) is 0 Å². The Hall–Kier alpha value is -3.00. The van der Waals surface area contributed by atoms with Crippen molar-refractivity contribution in [1.82, 2.24) is 14.5 Å². The fourth-order valence-electron chi connectivity index (χ4n) is 2.92. The molecule has 8 heteroatoms. The number of halogens is 1. The second kappa shape index (κ2) is 5.52. The van der Waals surface area contributed by atoms with Gasteiger partial charge in [0.1, 0.15) is 21.8 Å². The van der Waals surface area contributed by atoms with E-state index in [0.29, 0.717) is 5.56 Å². The maximum atomic E-state index is 12.6. The van der Waals surface area contributed by atoms with Crippen molar-refractivity contribution < 1.29 is 0 Å². The lowest BCUT2D eigenvalue weighted by atomic mass is 10.1. The van der Waals surface area contributed by atoms with Gasteiger partial charge in [0, 0.05) is 16.9 Å². The molecule has 0 aliphatic carbocycles. The van der Waals surface area contributed by atoms with Gasteiger partial charge in [0.05, 0.1) is 6.54 Å². The Kier molecular flexibility index (Phi) is 3.43. The van der Waals surface area contributed by atoms with Gasteiger partial charge in [-0.2, -0.15) is 0 Å². The van der Waals surface area contributed by atoms with E-state index in [-0.39, 0.29) is 28.4 Å². The summed E-state index contributed by atoms with van der Waals surface area (Å²) in [7, 11) is 0. The Labute approximate surface area is 147 Å². The zero-order chi connectivity index (χ0) is 17.7. The van der Waals surface area contributed by atoms with Crippen LogP contribution in [0.4, 0.5) is 0 Å². The van der Waals surface area contributed by atoms with Crippen LogP contribution in [0.2, 0.25) is 0 Å². The van der Waals surface area contributed by atoms with E-state index in [9.17, 15) is 19.2 Å². The molecule has 124 valence electrons. The largest absolute Gasteiger partial charge is 0.355 e. The van der Waals surface area contributed by atoms with E-state index in [1.54, 1.807) is 24.3 Å². The number of hydrogen-bond acceptors (Lipinski definition) is 4. The minimum atomic E-state index is -0.746. The zero-order valence-electron chi connectivity index (χ0n) is 12.6. The summed E-state index contributed by atoms with van der Waals surface area (Å²) in [6.07, 6.45) is 2.88. The van der Waals surface area contributed by atoms with Crippen LogP contribution in [0.25, 0.3) is 21.8 Å². The third-order valence-electron chi connectivity index (χ3n) is 4.12. The maximum absolute atomic E-state index is 12.6. The molecule has 4 aromatic rings. The van der Waals surface area contributed by atoms with Crippen LogP contribution in [0.1, 0.15) is 5.56 Å². The molecule has 2 N–H and O–H groups in total. The average Bonchev–Trinajstić information content (AvgIpc) is 2.86.